The molecule has 1 aliphatic rings. The lowest BCUT2D eigenvalue weighted by Crippen LogP contribution is -2.45. The lowest BCUT2D eigenvalue weighted by Gasteiger charge is -2.36. The van der Waals surface area contributed by atoms with Crippen LogP contribution in [-0.2, 0) is 6.54 Å². The molecule has 23 heavy (non-hydrogen) atoms. The number of hydrogen-bond donors (Lipinski definition) is 0. The Hall–Kier alpha value is -2.40. The molecule has 1 saturated heterocycles. The third-order valence-electron chi connectivity index (χ3n) is 4.32. The summed E-state index contributed by atoms with van der Waals surface area (Å²) in [6.07, 6.45) is 0. The number of piperazine rings is 1. The molecule has 1 aliphatic heterocycles. The summed E-state index contributed by atoms with van der Waals surface area (Å²) in [5.41, 5.74) is 3.84. The molecule has 0 spiro atoms. The van der Waals surface area contributed by atoms with Gasteiger partial charge in [-0.25, -0.2) is 0 Å². The zero-order chi connectivity index (χ0) is 16.2. The zero-order valence-electron chi connectivity index (χ0n) is 13.3. The largest absolute Gasteiger partial charge is 0.369 e. The quantitative estimate of drug-likeness (QED) is 0.642. The summed E-state index contributed by atoms with van der Waals surface area (Å²) in [5.74, 6) is 0. The summed E-state index contributed by atoms with van der Waals surface area (Å²) < 4.78 is 0. The van der Waals surface area contributed by atoms with Crippen molar-refractivity contribution in [2.24, 2.45) is 0 Å². The van der Waals surface area contributed by atoms with E-state index in [0.717, 1.165) is 38.3 Å². The van der Waals surface area contributed by atoms with Gasteiger partial charge >= 0.3 is 0 Å². The van der Waals surface area contributed by atoms with Gasteiger partial charge in [0.15, 0.2) is 0 Å². The van der Waals surface area contributed by atoms with Crippen molar-refractivity contribution in [2.75, 3.05) is 31.1 Å². The summed E-state index contributed by atoms with van der Waals surface area (Å²) in [5, 5.41) is 10.7. The predicted molar refractivity (Wildman–Crippen MR) is 91.8 cm³/mol. The Morgan fingerprint density at radius 1 is 0.957 bits per heavy atom. The number of nitro benzene ring substituents is 1. The van der Waals surface area contributed by atoms with E-state index in [4.69, 9.17) is 0 Å². The highest BCUT2D eigenvalue weighted by atomic mass is 16.6. The number of rotatable bonds is 4. The van der Waals surface area contributed by atoms with Gasteiger partial charge in [0.05, 0.1) is 4.92 Å². The maximum atomic E-state index is 10.7. The molecule has 0 N–H and O–H groups in total. The minimum Gasteiger partial charge on any atom is -0.369 e. The number of anilines is 1. The molecular weight excluding hydrogens is 290 g/mol. The van der Waals surface area contributed by atoms with Gasteiger partial charge in [-0.3, -0.25) is 15.0 Å². The van der Waals surface area contributed by atoms with E-state index < -0.39 is 0 Å². The molecule has 0 aliphatic carbocycles. The lowest BCUT2D eigenvalue weighted by atomic mass is 10.1. The minimum absolute atomic E-state index is 0.151. The summed E-state index contributed by atoms with van der Waals surface area (Å²) in [6, 6.07) is 15.5. The van der Waals surface area contributed by atoms with Crippen molar-refractivity contribution in [3.8, 4) is 0 Å². The summed E-state index contributed by atoms with van der Waals surface area (Å²) in [7, 11) is 0. The first-order valence-electron chi connectivity index (χ1n) is 7.89. The molecule has 0 bridgehead atoms. The maximum Gasteiger partial charge on any atom is 0.269 e. The van der Waals surface area contributed by atoms with E-state index in [1.165, 1.54) is 11.3 Å². The molecule has 1 fully saturated rings. The Morgan fingerprint density at radius 3 is 2.13 bits per heavy atom. The molecule has 5 nitrogen and oxygen atoms in total. The van der Waals surface area contributed by atoms with Gasteiger partial charge in [0, 0.05) is 50.5 Å². The van der Waals surface area contributed by atoms with Gasteiger partial charge < -0.3 is 4.90 Å². The molecule has 0 radical (unpaired) electrons. The van der Waals surface area contributed by atoms with Crippen molar-refractivity contribution >= 4 is 11.4 Å². The summed E-state index contributed by atoms with van der Waals surface area (Å²) >= 11 is 0. The Labute approximate surface area is 136 Å². The molecule has 0 aromatic heterocycles. The van der Waals surface area contributed by atoms with Gasteiger partial charge in [-0.15, -0.1) is 0 Å². The molecule has 0 saturated carbocycles. The van der Waals surface area contributed by atoms with Crippen LogP contribution in [0.25, 0.3) is 0 Å². The van der Waals surface area contributed by atoms with Crippen molar-refractivity contribution in [1.29, 1.82) is 0 Å². The van der Waals surface area contributed by atoms with E-state index in [0.29, 0.717) is 0 Å². The van der Waals surface area contributed by atoms with Crippen LogP contribution in [0.3, 0.4) is 0 Å². The topological polar surface area (TPSA) is 49.6 Å². The van der Waals surface area contributed by atoms with E-state index in [9.17, 15) is 10.1 Å². The number of benzene rings is 2. The van der Waals surface area contributed by atoms with Gasteiger partial charge in [-0.2, -0.15) is 0 Å². The van der Waals surface area contributed by atoms with Gasteiger partial charge in [0.1, 0.15) is 0 Å². The van der Waals surface area contributed by atoms with Gasteiger partial charge in [0.25, 0.3) is 5.69 Å². The summed E-state index contributed by atoms with van der Waals surface area (Å²) in [6.45, 7) is 6.98. The van der Waals surface area contributed by atoms with Crippen molar-refractivity contribution < 1.29 is 4.92 Å². The fraction of sp³-hybridized carbons (Fsp3) is 0.333. The zero-order valence-corrected chi connectivity index (χ0v) is 13.3. The van der Waals surface area contributed by atoms with Gasteiger partial charge in [-0.05, 0) is 24.6 Å². The molecule has 2 aromatic rings. The van der Waals surface area contributed by atoms with Crippen molar-refractivity contribution in [1.82, 2.24) is 4.90 Å². The first kappa shape index (κ1) is 15.5. The molecule has 5 heteroatoms. The fourth-order valence-corrected chi connectivity index (χ4v) is 2.90. The molecule has 3 rings (SSSR count). The van der Waals surface area contributed by atoms with Crippen molar-refractivity contribution in [3.05, 3.63) is 69.8 Å². The Kier molecular flexibility index (Phi) is 4.57. The van der Waals surface area contributed by atoms with Crippen LogP contribution < -0.4 is 4.90 Å². The van der Waals surface area contributed by atoms with Crippen LogP contribution in [0.15, 0.2) is 48.5 Å². The maximum absolute atomic E-state index is 10.7. The first-order valence-corrected chi connectivity index (χ1v) is 7.89. The second-order valence-corrected chi connectivity index (χ2v) is 6.02. The molecule has 0 unspecified atom stereocenters. The number of nitrogens with zero attached hydrogens (tertiary/aromatic N) is 3. The molecule has 0 amide bonds. The second kappa shape index (κ2) is 6.79. The number of non-ortho nitro benzene ring substituents is 1. The van der Waals surface area contributed by atoms with Crippen LogP contribution in [-0.4, -0.2) is 36.0 Å². The Morgan fingerprint density at radius 2 is 1.57 bits per heavy atom. The minimum atomic E-state index is -0.357. The van der Waals surface area contributed by atoms with Crippen molar-refractivity contribution in [3.63, 3.8) is 0 Å². The van der Waals surface area contributed by atoms with Crippen LogP contribution in [0, 0.1) is 17.0 Å². The molecule has 2 aromatic carbocycles. The highest BCUT2D eigenvalue weighted by Gasteiger charge is 2.17. The second-order valence-electron chi connectivity index (χ2n) is 6.02. The first-order chi connectivity index (χ1) is 11.1. The monoisotopic (exact) mass is 311 g/mol. The van der Waals surface area contributed by atoms with Crippen LogP contribution in [0.2, 0.25) is 0 Å². The molecule has 120 valence electrons. The Balaban J connectivity index is 1.54. The van der Waals surface area contributed by atoms with Crippen LogP contribution in [0.1, 0.15) is 11.1 Å². The summed E-state index contributed by atoms with van der Waals surface area (Å²) in [4.78, 5) is 15.1. The van der Waals surface area contributed by atoms with E-state index in [2.05, 4.69) is 41.0 Å². The lowest BCUT2D eigenvalue weighted by molar-refractivity contribution is -0.384. The highest BCUT2D eigenvalue weighted by Crippen LogP contribution is 2.19. The third-order valence-corrected chi connectivity index (χ3v) is 4.32. The third kappa shape index (κ3) is 3.87. The predicted octanol–water partition coefficient (Wildman–Crippen LogP) is 3.23. The normalized spacial score (nSPS) is 15.6. The van der Waals surface area contributed by atoms with E-state index >= 15 is 0 Å². The van der Waals surface area contributed by atoms with E-state index in [1.54, 1.807) is 12.1 Å². The van der Waals surface area contributed by atoms with Gasteiger partial charge in [-0.1, -0.05) is 29.8 Å². The Bertz CT molecular complexity index is 660. The van der Waals surface area contributed by atoms with Crippen LogP contribution in [0.5, 0.6) is 0 Å². The molecule has 1 heterocycles. The molecule has 0 atom stereocenters. The SMILES string of the molecule is Cc1ccc(N2CCN(Cc3ccc([N+](=O)[O-])cc3)CC2)cc1. The molecular formula is C18H21N3O2. The smallest absolute Gasteiger partial charge is 0.269 e. The van der Waals surface area contributed by atoms with Gasteiger partial charge in [0.2, 0.25) is 0 Å². The highest BCUT2D eigenvalue weighted by molar-refractivity contribution is 5.47. The standard InChI is InChI=1S/C18H21N3O2/c1-15-2-6-17(7-3-15)20-12-10-19(11-13-20)14-16-4-8-18(9-5-16)21(22)23/h2-9H,10-14H2,1H3. The number of hydrogen-bond acceptors (Lipinski definition) is 4. The van der Waals surface area contributed by atoms with Crippen LogP contribution >= 0.6 is 0 Å². The fourth-order valence-electron chi connectivity index (χ4n) is 2.90. The number of aryl methyl sites for hydroxylation is 1. The average Bonchev–Trinajstić information content (AvgIpc) is 2.57. The average molecular weight is 311 g/mol. The van der Waals surface area contributed by atoms with Crippen LogP contribution in [0.4, 0.5) is 11.4 Å². The number of nitro groups is 1. The van der Waals surface area contributed by atoms with E-state index in [-0.39, 0.29) is 10.6 Å². The van der Waals surface area contributed by atoms with Crippen molar-refractivity contribution in [2.45, 2.75) is 13.5 Å². The van der Waals surface area contributed by atoms with E-state index in [1.807, 2.05) is 12.1 Å².